The summed E-state index contributed by atoms with van der Waals surface area (Å²) in [6, 6.07) is 4.20. The van der Waals surface area contributed by atoms with Crippen molar-refractivity contribution in [1.82, 2.24) is 15.3 Å². The Hall–Kier alpha value is -1.70. The van der Waals surface area contributed by atoms with Gasteiger partial charge in [0, 0.05) is 48.4 Å². The molecule has 1 fully saturated rings. The Bertz CT molecular complexity index is 792. The molecule has 1 aliphatic carbocycles. The lowest BCUT2D eigenvalue weighted by Gasteiger charge is -2.27. The van der Waals surface area contributed by atoms with E-state index in [2.05, 4.69) is 20.2 Å². The van der Waals surface area contributed by atoms with Crippen molar-refractivity contribution < 1.29 is 4.79 Å². The molecule has 0 radical (unpaired) electrons. The van der Waals surface area contributed by atoms with Gasteiger partial charge in [0.05, 0.1) is 10.6 Å². The zero-order valence-electron chi connectivity index (χ0n) is 13.8. The van der Waals surface area contributed by atoms with Crippen molar-refractivity contribution in [2.75, 3.05) is 17.2 Å². The Balaban J connectivity index is 0.00000182. The molecule has 8 heteroatoms. The van der Waals surface area contributed by atoms with Crippen LogP contribution >= 0.6 is 24.2 Å². The molecule has 0 spiro atoms. The standard InChI is InChI=1S/C17H21N5OS.ClH/c18-12-2-1-3-13(12)21-17(23)15-10-22(8-9-24-15)14-5-7-20-16-11(14)4-6-19-16;/h4-7,10,12-13H,1-3,8-9,18H2,(H,19,20)(H,21,23);1H/t12-,13+;/m1./s1. The van der Waals surface area contributed by atoms with Gasteiger partial charge in [0.15, 0.2) is 0 Å². The van der Waals surface area contributed by atoms with Gasteiger partial charge >= 0.3 is 0 Å². The maximum absolute atomic E-state index is 12.6. The fourth-order valence-corrected chi connectivity index (χ4v) is 4.32. The highest BCUT2D eigenvalue weighted by Gasteiger charge is 2.27. The van der Waals surface area contributed by atoms with Gasteiger partial charge in [0.2, 0.25) is 0 Å². The van der Waals surface area contributed by atoms with Crippen LogP contribution in [-0.2, 0) is 4.79 Å². The lowest BCUT2D eigenvalue weighted by Crippen LogP contribution is -2.44. The highest BCUT2D eigenvalue weighted by Crippen LogP contribution is 2.30. The van der Waals surface area contributed by atoms with Gasteiger partial charge in [0.25, 0.3) is 5.91 Å². The molecule has 2 aromatic rings. The van der Waals surface area contributed by atoms with Crippen LogP contribution in [-0.4, -0.2) is 40.3 Å². The van der Waals surface area contributed by atoms with E-state index in [1.54, 1.807) is 18.0 Å². The van der Waals surface area contributed by atoms with E-state index in [1.165, 1.54) is 0 Å². The zero-order valence-corrected chi connectivity index (χ0v) is 15.4. The molecule has 0 saturated heterocycles. The SMILES string of the molecule is Cl.N[C@@H]1CCC[C@@H]1NC(=O)C1=CN(c2ccnc3[nH]ccc23)CCS1. The number of carbonyl (C=O) groups is 1. The Kier molecular flexibility index (Phi) is 5.56. The summed E-state index contributed by atoms with van der Waals surface area (Å²) >= 11 is 1.60. The number of halogens is 1. The summed E-state index contributed by atoms with van der Waals surface area (Å²) < 4.78 is 0. The topological polar surface area (TPSA) is 87.0 Å². The first kappa shape index (κ1) is 18.1. The van der Waals surface area contributed by atoms with Crippen LogP contribution in [0.2, 0.25) is 0 Å². The van der Waals surface area contributed by atoms with Gasteiger partial charge in [-0.25, -0.2) is 4.98 Å². The van der Waals surface area contributed by atoms with Gasteiger partial charge in [-0.3, -0.25) is 4.79 Å². The van der Waals surface area contributed by atoms with Gasteiger partial charge < -0.3 is 20.9 Å². The average molecular weight is 380 g/mol. The molecule has 4 N–H and O–H groups in total. The lowest BCUT2D eigenvalue weighted by molar-refractivity contribution is -0.117. The second-order valence-corrected chi connectivity index (χ2v) is 7.42. The quantitative estimate of drug-likeness (QED) is 0.762. The number of fused-ring (bicyclic) bond motifs is 1. The van der Waals surface area contributed by atoms with Crippen molar-refractivity contribution in [3.05, 3.63) is 35.6 Å². The van der Waals surface area contributed by atoms with Crippen molar-refractivity contribution in [1.29, 1.82) is 0 Å². The van der Waals surface area contributed by atoms with Crippen LogP contribution in [0.3, 0.4) is 0 Å². The van der Waals surface area contributed by atoms with Crippen molar-refractivity contribution in [2.45, 2.75) is 31.3 Å². The molecule has 2 atom stereocenters. The number of nitrogens with two attached hydrogens (primary N) is 1. The fourth-order valence-electron chi connectivity index (χ4n) is 3.42. The highest BCUT2D eigenvalue weighted by atomic mass is 35.5. The number of aromatic amines is 1. The number of amides is 1. The summed E-state index contributed by atoms with van der Waals surface area (Å²) in [5.41, 5.74) is 8.00. The van der Waals surface area contributed by atoms with Gasteiger partial charge in [-0.15, -0.1) is 24.2 Å². The van der Waals surface area contributed by atoms with E-state index in [4.69, 9.17) is 5.73 Å². The van der Waals surface area contributed by atoms with Gasteiger partial charge in [-0.2, -0.15) is 0 Å². The number of carbonyl (C=O) groups excluding carboxylic acids is 1. The molecule has 0 unspecified atom stereocenters. The smallest absolute Gasteiger partial charge is 0.259 e. The summed E-state index contributed by atoms with van der Waals surface area (Å²) in [6.07, 6.45) is 8.69. The lowest BCUT2D eigenvalue weighted by atomic mass is 10.2. The van der Waals surface area contributed by atoms with Crippen molar-refractivity contribution in [3.63, 3.8) is 0 Å². The van der Waals surface area contributed by atoms with E-state index in [0.717, 1.165) is 53.2 Å². The minimum Gasteiger partial charge on any atom is -0.347 e. The molecule has 1 aliphatic heterocycles. The molecule has 1 amide bonds. The Morgan fingerprint density at radius 1 is 1.40 bits per heavy atom. The first-order valence-electron chi connectivity index (χ1n) is 8.32. The monoisotopic (exact) mass is 379 g/mol. The first-order valence-corrected chi connectivity index (χ1v) is 9.31. The second-order valence-electron chi connectivity index (χ2n) is 6.28. The predicted octanol–water partition coefficient (Wildman–Crippen LogP) is 2.38. The minimum absolute atomic E-state index is 0. The van der Waals surface area contributed by atoms with Crippen LogP contribution < -0.4 is 16.0 Å². The van der Waals surface area contributed by atoms with Crippen LogP contribution in [0.15, 0.2) is 35.6 Å². The van der Waals surface area contributed by atoms with Crippen LogP contribution in [0, 0.1) is 0 Å². The highest BCUT2D eigenvalue weighted by molar-refractivity contribution is 8.04. The van der Waals surface area contributed by atoms with E-state index in [-0.39, 0.29) is 30.4 Å². The van der Waals surface area contributed by atoms with Crippen molar-refractivity contribution in [3.8, 4) is 0 Å². The third-order valence-corrected chi connectivity index (χ3v) is 5.71. The van der Waals surface area contributed by atoms with E-state index in [0.29, 0.717) is 0 Å². The molecular formula is C17H22ClN5OS. The van der Waals surface area contributed by atoms with Crippen LogP contribution in [0.25, 0.3) is 11.0 Å². The van der Waals surface area contributed by atoms with Gasteiger partial charge in [0.1, 0.15) is 5.65 Å². The molecule has 1 saturated carbocycles. The molecule has 3 heterocycles. The van der Waals surface area contributed by atoms with Crippen molar-refractivity contribution in [2.24, 2.45) is 5.73 Å². The number of nitrogens with one attached hydrogen (secondary N) is 2. The summed E-state index contributed by atoms with van der Waals surface area (Å²) in [5.74, 6) is 0.871. The maximum atomic E-state index is 12.6. The number of rotatable bonds is 3. The Labute approximate surface area is 157 Å². The third kappa shape index (κ3) is 3.63. The van der Waals surface area contributed by atoms with Gasteiger partial charge in [-0.1, -0.05) is 0 Å². The summed E-state index contributed by atoms with van der Waals surface area (Å²) in [7, 11) is 0. The zero-order chi connectivity index (χ0) is 16.5. The number of aromatic nitrogens is 2. The first-order chi connectivity index (χ1) is 11.7. The number of nitrogens with zero attached hydrogens (tertiary/aromatic N) is 2. The summed E-state index contributed by atoms with van der Waals surface area (Å²) in [5, 5.41) is 4.17. The summed E-state index contributed by atoms with van der Waals surface area (Å²) in [4.78, 5) is 22.9. The van der Waals surface area contributed by atoms with Crippen LogP contribution in [0.5, 0.6) is 0 Å². The van der Waals surface area contributed by atoms with Crippen molar-refractivity contribution >= 4 is 46.8 Å². The Morgan fingerprint density at radius 3 is 3.08 bits per heavy atom. The molecule has 2 aliphatic rings. The molecule has 0 aromatic carbocycles. The molecular weight excluding hydrogens is 358 g/mol. The number of hydrogen-bond donors (Lipinski definition) is 3. The van der Waals surface area contributed by atoms with E-state index < -0.39 is 0 Å². The fraction of sp³-hybridized carbons (Fsp3) is 0.412. The number of thioether (sulfide) groups is 1. The average Bonchev–Trinajstić information content (AvgIpc) is 3.24. The maximum Gasteiger partial charge on any atom is 0.259 e. The molecule has 134 valence electrons. The van der Waals surface area contributed by atoms with Gasteiger partial charge in [-0.05, 0) is 31.4 Å². The normalized spacial score (nSPS) is 23.2. The van der Waals surface area contributed by atoms with E-state index in [1.807, 2.05) is 24.5 Å². The number of H-pyrrole nitrogens is 1. The number of pyridine rings is 1. The number of anilines is 1. The molecule has 25 heavy (non-hydrogen) atoms. The molecule has 6 nitrogen and oxygen atoms in total. The molecule has 0 bridgehead atoms. The third-order valence-electron chi connectivity index (χ3n) is 4.72. The Morgan fingerprint density at radius 2 is 2.28 bits per heavy atom. The van der Waals surface area contributed by atoms with E-state index in [9.17, 15) is 4.79 Å². The van der Waals surface area contributed by atoms with Crippen LogP contribution in [0.1, 0.15) is 19.3 Å². The molecule has 2 aromatic heterocycles. The number of hydrogen-bond acceptors (Lipinski definition) is 5. The predicted molar refractivity (Wildman–Crippen MR) is 105 cm³/mol. The van der Waals surface area contributed by atoms with Crippen LogP contribution in [0.4, 0.5) is 5.69 Å². The minimum atomic E-state index is -0.00795. The van der Waals surface area contributed by atoms with E-state index >= 15 is 0 Å². The second kappa shape index (κ2) is 7.68. The summed E-state index contributed by atoms with van der Waals surface area (Å²) in [6.45, 7) is 0.870. The largest absolute Gasteiger partial charge is 0.347 e. The molecule has 4 rings (SSSR count).